The minimum Gasteiger partial charge on any atom is -0.506 e. The maximum atomic E-state index is 13.2. The molecule has 136 valence electrons. The Bertz CT molecular complexity index is 1120. The molecule has 7 heteroatoms. The molecule has 0 atom stereocenters. The van der Waals surface area contributed by atoms with Crippen molar-refractivity contribution in [2.45, 2.75) is 6.54 Å². The Morgan fingerprint density at radius 2 is 2.04 bits per heavy atom. The third kappa shape index (κ3) is 3.62. The number of pyridine rings is 1. The van der Waals surface area contributed by atoms with Crippen molar-refractivity contribution in [3.05, 3.63) is 88.5 Å². The van der Waals surface area contributed by atoms with Crippen LogP contribution in [0.25, 0.3) is 10.9 Å². The van der Waals surface area contributed by atoms with Gasteiger partial charge in [0.05, 0.1) is 11.7 Å². The maximum Gasteiger partial charge on any atom is 0.280 e. The minimum absolute atomic E-state index is 0.173. The van der Waals surface area contributed by atoms with E-state index in [0.717, 1.165) is 0 Å². The molecule has 0 bridgehead atoms. The molecule has 3 aromatic rings. The van der Waals surface area contributed by atoms with Gasteiger partial charge in [-0.05, 0) is 29.8 Å². The van der Waals surface area contributed by atoms with Crippen LogP contribution in [0.2, 0.25) is 0 Å². The fourth-order valence-corrected chi connectivity index (χ4v) is 2.71. The first-order chi connectivity index (χ1) is 13.0. The number of nitrogens with one attached hydrogen (secondary N) is 1. The smallest absolute Gasteiger partial charge is 0.280 e. The number of para-hydroxylation sites is 1. The van der Waals surface area contributed by atoms with E-state index in [1.807, 2.05) is 0 Å². The Balaban J connectivity index is 1.99. The van der Waals surface area contributed by atoms with Crippen molar-refractivity contribution in [2.24, 2.45) is 5.10 Å². The van der Waals surface area contributed by atoms with Gasteiger partial charge in [0.1, 0.15) is 17.1 Å². The molecule has 2 aromatic carbocycles. The molecular weight excluding hydrogens is 349 g/mol. The van der Waals surface area contributed by atoms with E-state index < -0.39 is 28.6 Å². The van der Waals surface area contributed by atoms with E-state index in [1.165, 1.54) is 35.1 Å². The van der Waals surface area contributed by atoms with Crippen LogP contribution in [0.3, 0.4) is 0 Å². The molecule has 0 radical (unpaired) electrons. The fraction of sp³-hybridized carbons (Fsp3) is 0.0500. The van der Waals surface area contributed by atoms with E-state index in [1.54, 1.807) is 30.3 Å². The number of fused-ring (bicyclic) bond motifs is 1. The number of hydrogen-bond acceptors (Lipinski definition) is 4. The monoisotopic (exact) mass is 365 g/mol. The molecule has 1 heterocycles. The van der Waals surface area contributed by atoms with Crippen LogP contribution in [0.4, 0.5) is 4.39 Å². The van der Waals surface area contributed by atoms with Gasteiger partial charge in [-0.2, -0.15) is 5.10 Å². The SMILES string of the molecule is C=CCn1c(=O)c(C(=O)NN=Cc2cccc(F)c2)c(O)c2ccccc21. The fourth-order valence-electron chi connectivity index (χ4n) is 2.71. The Hall–Kier alpha value is -3.74. The summed E-state index contributed by atoms with van der Waals surface area (Å²) in [5, 5.41) is 14.5. The highest BCUT2D eigenvalue weighted by Gasteiger charge is 2.21. The topological polar surface area (TPSA) is 83.7 Å². The third-order valence-corrected chi connectivity index (χ3v) is 3.91. The van der Waals surface area contributed by atoms with Gasteiger partial charge in [0.25, 0.3) is 11.5 Å². The summed E-state index contributed by atoms with van der Waals surface area (Å²) in [5.74, 6) is -1.73. The normalized spacial score (nSPS) is 11.0. The lowest BCUT2D eigenvalue weighted by Gasteiger charge is -2.12. The molecule has 27 heavy (non-hydrogen) atoms. The second kappa shape index (κ2) is 7.65. The molecule has 2 N–H and O–H groups in total. The lowest BCUT2D eigenvalue weighted by atomic mass is 10.1. The molecule has 0 unspecified atom stereocenters. The highest BCUT2D eigenvalue weighted by molar-refractivity contribution is 6.02. The number of halogens is 1. The van der Waals surface area contributed by atoms with E-state index in [2.05, 4.69) is 17.1 Å². The lowest BCUT2D eigenvalue weighted by Crippen LogP contribution is -2.31. The number of allylic oxidation sites excluding steroid dienone is 1. The number of aromatic hydroxyl groups is 1. The van der Waals surface area contributed by atoms with Crippen LogP contribution in [-0.2, 0) is 6.54 Å². The number of benzene rings is 2. The van der Waals surface area contributed by atoms with Gasteiger partial charge in [0.2, 0.25) is 0 Å². The third-order valence-electron chi connectivity index (χ3n) is 3.91. The molecule has 0 fully saturated rings. The van der Waals surface area contributed by atoms with Gasteiger partial charge in [-0.15, -0.1) is 6.58 Å². The summed E-state index contributed by atoms with van der Waals surface area (Å²) in [5.41, 5.74) is 2.02. The molecule has 0 aliphatic rings. The molecule has 6 nitrogen and oxygen atoms in total. The average molecular weight is 365 g/mol. The van der Waals surface area contributed by atoms with Gasteiger partial charge in [-0.3, -0.25) is 9.59 Å². The maximum absolute atomic E-state index is 13.2. The summed E-state index contributed by atoms with van der Waals surface area (Å²) in [6.07, 6.45) is 2.76. The lowest BCUT2D eigenvalue weighted by molar-refractivity contribution is 0.0950. The number of carbonyl (C=O) groups excluding carboxylic acids is 1. The van der Waals surface area contributed by atoms with E-state index in [-0.39, 0.29) is 6.54 Å². The van der Waals surface area contributed by atoms with Gasteiger partial charge in [0, 0.05) is 11.9 Å². The number of carbonyl (C=O) groups is 1. The number of hydrogen-bond donors (Lipinski definition) is 2. The molecule has 1 amide bonds. The highest BCUT2D eigenvalue weighted by atomic mass is 19.1. The van der Waals surface area contributed by atoms with Gasteiger partial charge in [0.15, 0.2) is 0 Å². The van der Waals surface area contributed by atoms with E-state index in [9.17, 15) is 19.1 Å². The van der Waals surface area contributed by atoms with Crippen molar-refractivity contribution in [3.8, 4) is 5.75 Å². The molecule has 0 aliphatic carbocycles. The van der Waals surface area contributed by atoms with Gasteiger partial charge in [-0.1, -0.05) is 30.3 Å². The summed E-state index contributed by atoms with van der Waals surface area (Å²) >= 11 is 0. The second-order valence-corrected chi connectivity index (χ2v) is 5.70. The van der Waals surface area contributed by atoms with Crippen LogP contribution in [0.15, 0.2) is 71.1 Å². The molecular formula is C20H16FN3O3. The first-order valence-electron chi connectivity index (χ1n) is 8.07. The van der Waals surface area contributed by atoms with Crippen LogP contribution >= 0.6 is 0 Å². The summed E-state index contributed by atoms with van der Waals surface area (Å²) in [6, 6.07) is 12.3. The minimum atomic E-state index is -0.867. The zero-order chi connectivity index (χ0) is 19.4. The van der Waals surface area contributed by atoms with Gasteiger partial charge >= 0.3 is 0 Å². The summed E-state index contributed by atoms with van der Waals surface area (Å²) in [7, 11) is 0. The quantitative estimate of drug-likeness (QED) is 0.414. The van der Waals surface area contributed by atoms with Crippen LogP contribution in [0.5, 0.6) is 5.75 Å². The number of amides is 1. The number of hydrazone groups is 1. The van der Waals surface area contributed by atoms with Crippen LogP contribution in [0, 0.1) is 5.82 Å². The second-order valence-electron chi connectivity index (χ2n) is 5.70. The number of rotatable bonds is 5. The molecule has 0 saturated heterocycles. The Kier molecular flexibility index (Phi) is 5.12. The van der Waals surface area contributed by atoms with Crippen LogP contribution in [-0.4, -0.2) is 21.8 Å². The van der Waals surface area contributed by atoms with E-state index in [0.29, 0.717) is 16.5 Å². The number of aromatic nitrogens is 1. The molecule has 0 saturated carbocycles. The molecule has 0 spiro atoms. The van der Waals surface area contributed by atoms with Crippen molar-refractivity contribution in [1.82, 2.24) is 9.99 Å². The largest absolute Gasteiger partial charge is 0.506 e. The zero-order valence-electron chi connectivity index (χ0n) is 14.2. The van der Waals surface area contributed by atoms with Crippen molar-refractivity contribution in [3.63, 3.8) is 0 Å². The number of nitrogens with zero attached hydrogens (tertiary/aromatic N) is 2. The van der Waals surface area contributed by atoms with Gasteiger partial charge in [-0.25, -0.2) is 9.82 Å². The van der Waals surface area contributed by atoms with Crippen molar-refractivity contribution >= 4 is 23.0 Å². The Morgan fingerprint density at radius 3 is 2.78 bits per heavy atom. The zero-order valence-corrected chi connectivity index (χ0v) is 14.2. The molecule has 1 aromatic heterocycles. The highest BCUT2D eigenvalue weighted by Crippen LogP contribution is 2.26. The van der Waals surface area contributed by atoms with E-state index >= 15 is 0 Å². The molecule has 3 rings (SSSR count). The van der Waals surface area contributed by atoms with Crippen LogP contribution < -0.4 is 11.0 Å². The summed E-state index contributed by atoms with van der Waals surface area (Å²) in [6.45, 7) is 3.79. The predicted octanol–water partition coefficient (Wildman–Crippen LogP) is 2.80. The first kappa shape index (κ1) is 18.1. The Labute approximate surface area is 153 Å². The predicted molar refractivity (Wildman–Crippen MR) is 102 cm³/mol. The van der Waals surface area contributed by atoms with Crippen LogP contribution in [0.1, 0.15) is 15.9 Å². The first-order valence-corrected chi connectivity index (χ1v) is 8.07. The van der Waals surface area contributed by atoms with E-state index in [4.69, 9.17) is 0 Å². The van der Waals surface area contributed by atoms with Crippen molar-refractivity contribution in [2.75, 3.05) is 0 Å². The van der Waals surface area contributed by atoms with Gasteiger partial charge < -0.3 is 9.67 Å². The summed E-state index contributed by atoms with van der Waals surface area (Å²) < 4.78 is 14.5. The van der Waals surface area contributed by atoms with Crippen molar-refractivity contribution in [1.29, 1.82) is 0 Å². The summed E-state index contributed by atoms with van der Waals surface area (Å²) in [4.78, 5) is 25.2. The Morgan fingerprint density at radius 1 is 1.26 bits per heavy atom. The standard InChI is InChI=1S/C20H16FN3O3/c1-2-10-24-16-9-4-3-8-15(16)18(25)17(20(24)27)19(26)23-22-12-13-6-5-7-14(21)11-13/h2-9,11-12,25H,1,10H2,(H,23,26). The van der Waals surface area contributed by atoms with Crippen molar-refractivity contribution < 1.29 is 14.3 Å². The average Bonchev–Trinajstić information content (AvgIpc) is 2.65. The molecule has 0 aliphatic heterocycles.